The zero-order valence-electron chi connectivity index (χ0n) is 16.2. The third-order valence-corrected chi connectivity index (χ3v) is 6.18. The van der Waals surface area contributed by atoms with Crippen molar-refractivity contribution in [3.8, 4) is 5.75 Å². The number of carbonyl (C=O) groups excluding carboxylic acids is 1. The molecule has 0 spiro atoms. The number of hydrogen-bond acceptors (Lipinski definition) is 3. The van der Waals surface area contributed by atoms with Gasteiger partial charge in [-0.15, -0.1) is 0 Å². The Hall–Kier alpha value is -1.43. The van der Waals surface area contributed by atoms with Crippen molar-refractivity contribution in [2.45, 2.75) is 45.3 Å². The van der Waals surface area contributed by atoms with Crippen LogP contribution >= 0.6 is 39.1 Å². The van der Waals surface area contributed by atoms with E-state index in [1.54, 1.807) is 18.1 Å². The Morgan fingerprint density at radius 1 is 1.25 bits per heavy atom. The van der Waals surface area contributed by atoms with Gasteiger partial charge in [0, 0.05) is 9.50 Å². The van der Waals surface area contributed by atoms with Gasteiger partial charge in [-0.1, -0.05) is 41.4 Å². The van der Waals surface area contributed by atoms with Crippen LogP contribution in [0, 0.1) is 0 Å². The molecule has 0 aliphatic carbocycles. The van der Waals surface area contributed by atoms with Crippen molar-refractivity contribution in [2.75, 3.05) is 12.0 Å². The number of nitrogens with zero attached hydrogens (tertiary/aromatic N) is 1. The second kappa shape index (κ2) is 8.13. The number of fused-ring (bicyclic) bond motifs is 1. The molecule has 0 bridgehead atoms. The molecule has 2 aromatic rings. The van der Waals surface area contributed by atoms with E-state index >= 15 is 0 Å². The van der Waals surface area contributed by atoms with Gasteiger partial charge < -0.3 is 9.47 Å². The van der Waals surface area contributed by atoms with E-state index in [0.29, 0.717) is 34.3 Å². The summed E-state index contributed by atoms with van der Waals surface area (Å²) in [5.41, 5.74) is 1.69. The quantitative estimate of drug-likeness (QED) is 0.450. The molecular weight excluding hydrogens is 465 g/mol. The zero-order valence-corrected chi connectivity index (χ0v) is 19.3. The summed E-state index contributed by atoms with van der Waals surface area (Å²) in [5.74, 6) is 0.550. The SMILES string of the molecule is COc1cc(Br)c(Cl)c2c1N(C(=O)OC(C)(C)C)C(c1ccccc1Cl)CC2. The first-order chi connectivity index (χ1) is 13.1. The minimum Gasteiger partial charge on any atom is -0.495 e. The van der Waals surface area contributed by atoms with Crippen LogP contribution in [0.25, 0.3) is 0 Å². The molecule has 4 nitrogen and oxygen atoms in total. The van der Waals surface area contributed by atoms with Crippen molar-refractivity contribution in [2.24, 2.45) is 0 Å². The predicted octanol–water partition coefficient (Wildman–Crippen LogP) is 7.19. The smallest absolute Gasteiger partial charge is 0.415 e. The lowest BCUT2D eigenvalue weighted by molar-refractivity contribution is 0.0559. The normalized spacial score (nSPS) is 16.5. The molecule has 0 saturated carbocycles. The molecule has 3 rings (SSSR count). The summed E-state index contributed by atoms with van der Waals surface area (Å²) in [4.78, 5) is 14.9. The van der Waals surface area contributed by atoms with Gasteiger partial charge in [0.15, 0.2) is 0 Å². The van der Waals surface area contributed by atoms with Crippen molar-refractivity contribution in [3.05, 3.63) is 56.0 Å². The van der Waals surface area contributed by atoms with E-state index in [1.165, 1.54) is 0 Å². The summed E-state index contributed by atoms with van der Waals surface area (Å²) in [6.07, 6.45) is 0.879. The summed E-state index contributed by atoms with van der Waals surface area (Å²) < 4.78 is 12.1. The van der Waals surface area contributed by atoms with Gasteiger partial charge in [0.25, 0.3) is 0 Å². The van der Waals surface area contributed by atoms with Gasteiger partial charge in [-0.25, -0.2) is 4.79 Å². The molecule has 1 aliphatic rings. The van der Waals surface area contributed by atoms with Crippen LogP contribution in [0.5, 0.6) is 5.75 Å². The zero-order chi connectivity index (χ0) is 20.6. The maximum absolute atomic E-state index is 13.3. The van der Waals surface area contributed by atoms with Crippen LogP contribution in [0.2, 0.25) is 10.0 Å². The van der Waals surface area contributed by atoms with E-state index < -0.39 is 11.7 Å². The number of anilines is 1. The van der Waals surface area contributed by atoms with Gasteiger partial charge >= 0.3 is 6.09 Å². The molecule has 150 valence electrons. The molecule has 0 fully saturated rings. The molecule has 7 heteroatoms. The highest BCUT2D eigenvalue weighted by Crippen LogP contribution is 2.50. The van der Waals surface area contributed by atoms with Gasteiger partial charge in [-0.05, 0) is 72.8 Å². The number of benzene rings is 2. The summed E-state index contributed by atoms with van der Waals surface area (Å²) in [6, 6.07) is 9.02. The fraction of sp³-hybridized carbons (Fsp3) is 0.381. The molecule has 0 aromatic heterocycles. The lowest BCUT2D eigenvalue weighted by Gasteiger charge is -2.39. The Balaban J connectivity index is 2.21. The second-order valence-electron chi connectivity index (χ2n) is 7.63. The standard InChI is InChI=1S/C21H22BrCl2NO3/c1-21(2,3)28-20(26)25-16(12-7-5-6-8-15(12)23)10-9-13-18(24)14(22)11-17(27-4)19(13)25/h5-8,11,16H,9-10H2,1-4H3. The third-order valence-electron chi connectivity index (χ3n) is 4.55. The fourth-order valence-electron chi connectivity index (χ4n) is 3.43. The maximum Gasteiger partial charge on any atom is 0.415 e. The second-order valence-corrected chi connectivity index (χ2v) is 9.27. The highest BCUT2D eigenvalue weighted by molar-refractivity contribution is 9.10. The van der Waals surface area contributed by atoms with Crippen LogP contribution in [0.4, 0.5) is 10.5 Å². The number of ether oxygens (including phenoxy) is 2. The van der Waals surface area contributed by atoms with E-state index in [1.807, 2.05) is 45.0 Å². The molecule has 1 amide bonds. The van der Waals surface area contributed by atoms with Crippen molar-refractivity contribution in [1.82, 2.24) is 0 Å². The van der Waals surface area contributed by atoms with Gasteiger partial charge in [-0.3, -0.25) is 4.90 Å². The summed E-state index contributed by atoms with van der Waals surface area (Å²) in [5, 5.41) is 1.17. The Labute approximate surface area is 183 Å². The average Bonchev–Trinajstić information content (AvgIpc) is 2.62. The van der Waals surface area contributed by atoms with Crippen molar-refractivity contribution in [3.63, 3.8) is 0 Å². The maximum atomic E-state index is 13.3. The molecule has 2 aromatic carbocycles. The first-order valence-corrected chi connectivity index (χ1v) is 10.5. The van der Waals surface area contributed by atoms with Crippen molar-refractivity contribution < 1.29 is 14.3 Å². The Morgan fingerprint density at radius 2 is 1.93 bits per heavy atom. The van der Waals surface area contributed by atoms with E-state index in [4.69, 9.17) is 32.7 Å². The minimum absolute atomic E-state index is 0.290. The molecule has 0 N–H and O–H groups in total. The van der Waals surface area contributed by atoms with E-state index in [9.17, 15) is 4.79 Å². The van der Waals surface area contributed by atoms with E-state index in [2.05, 4.69) is 15.9 Å². The summed E-state index contributed by atoms with van der Waals surface area (Å²) in [6.45, 7) is 5.52. The molecule has 0 saturated heterocycles. The topological polar surface area (TPSA) is 38.8 Å². The van der Waals surface area contributed by atoms with Crippen molar-refractivity contribution >= 4 is 50.9 Å². The number of halogens is 3. The Bertz CT molecular complexity index is 911. The number of hydrogen-bond donors (Lipinski definition) is 0. The first-order valence-electron chi connectivity index (χ1n) is 8.95. The molecule has 1 atom stereocenters. The monoisotopic (exact) mass is 485 g/mol. The molecule has 1 unspecified atom stereocenters. The van der Waals surface area contributed by atoms with Crippen LogP contribution in [0.3, 0.4) is 0 Å². The molecule has 0 radical (unpaired) electrons. The van der Waals surface area contributed by atoms with Crippen molar-refractivity contribution in [1.29, 1.82) is 0 Å². The minimum atomic E-state index is -0.647. The number of carbonyl (C=O) groups is 1. The highest BCUT2D eigenvalue weighted by atomic mass is 79.9. The van der Waals surface area contributed by atoms with E-state index in [-0.39, 0.29) is 6.04 Å². The van der Waals surface area contributed by atoms with Crippen LogP contribution in [-0.4, -0.2) is 18.8 Å². The molecule has 1 aliphatic heterocycles. The average molecular weight is 487 g/mol. The van der Waals surface area contributed by atoms with Crippen LogP contribution in [0.1, 0.15) is 44.4 Å². The molecular formula is C21H22BrCl2NO3. The van der Waals surface area contributed by atoms with Crippen LogP contribution in [-0.2, 0) is 11.2 Å². The number of methoxy groups -OCH3 is 1. The van der Waals surface area contributed by atoms with Gasteiger partial charge in [0.1, 0.15) is 11.4 Å². The van der Waals surface area contributed by atoms with Crippen LogP contribution < -0.4 is 9.64 Å². The summed E-state index contributed by atoms with van der Waals surface area (Å²) in [7, 11) is 1.57. The Morgan fingerprint density at radius 3 is 2.54 bits per heavy atom. The highest BCUT2D eigenvalue weighted by Gasteiger charge is 2.39. The summed E-state index contributed by atoms with van der Waals surface area (Å²) >= 11 is 16.5. The first kappa shape index (κ1) is 21.3. The lowest BCUT2D eigenvalue weighted by Crippen LogP contribution is -2.42. The lowest BCUT2D eigenvalue weighted by atomic mass is 9.91. The van der Waals surface area contributed by atoms with Gasteiger partial charge in [-0.2, -0.15) is 0 Å². The van der Waals surface area contributed by atoms with Gasteiger partial charge in [0.2, 0.25) is 0 Å². The molecule has 1 heterocycles. The predicted molar refractivity (Wildman–Crippen MR) is 117 cm³/mol. The molecule has 28 heavy (non-hydrogen) atoms. The number of rotatable bonds is 2. The third kappa shape index (κ3) is 4.12. The largest absolute Gasteiger partial charge is 0.495 e. The Kier molecular flexibility index (Phi) is 6.18. The fourth-order valence-corrected chi connectivity index (χ4v) is 4.37. The number of amides is 1. The van der Waals surface area contributed by atoms with Crippen LogP contribution in [0.15, 0.2) is 34.8 Å². The van der Waals surface area contributed by atoms with E-state index in [0.717, 1.165) is 15.6 Å². The van der Waals surface area contributed by atoms with Gasteiger partial charge in [0.05, 0.1) is 23.9 Å².